The summed E-state index contributed by atoms with van der Waals surface area (Å²) in [5, 5.41) is 0. The van der Waals surface area contributed by atoms with Crippen LogP contribution in [0, 0.1) is 11.6 Å². The van der Waals surface area contributed by atoms with Crippen LogP contribution in [0.5, 0.6) is 0 Å². The normalized spacial score (nSPS) is 12.9. The third kappa shape index (κ3) is 2.45. The Bertz CT molecular complexity index is 288. The van der Waals surface area contributed by atoms with Gasteiger partial charge in [-0.25, -0.2) is 13.2 Å². The monoisotopic (exact) mass is 189 g/mol. The molecule has 72 valence electrons. The summed E-state index contributed by atoms with van der Waals surface area (Å²) in [4.78, 5) is 0. The van der Waals surface area contributed by atoms with Gasteiger partial charge in [0.05, 0.1) is 0 Å². The molecule has 0 fully saturated rings. The van der Waals surface area contributed by atoms with Gasteiger partial charge in [-0.05, 0) is 11.6 Å². The molecule has 0 aromatic heterocycles. The molecule has 0 aliphatic carbocycles. The van der Waals surface area contributed by atoms with Crippen molar-refractivity contribution in [2.75, 3.05) is 6.54 Å². The summed E-state index contributed by atoms with van der Waals surface area (Å²) in [6, 6.07) is 3.69. The quantitative estimate of drug-likeness (QED) is 0.770. The van der Waals surface area contributed by atoms with Crippen LogP contribution >= 0.6 is 0 Å². The van der Waals surface area contributed by atoms with Gasteiger partial charge in [-0.2, -0.15) is 0 Å². The van der Waals surface area contributed by atoms with Crippen LogP contribution in [0.2, 0.25) is 0 Å². The first-order valence-electron chi connectivity index (χ1n) is 3.92. The zero-order chi connectivity index (χ0) is 9.84. The first kappa shape index (κ1) is 10.1. The van der Waals surface area contributed by atoms with Crippen LogP contribution in [0.15, 0.2) is 18.2 Å². The maximum atomic E-state index is 12.9. The Labute approximate surface area is 74.4 Å². The summed E-state index contributed by atoms with van der Waals surface area (Å²) < 4.78 is 38.2. The lowest BCUT2D eigenvalue weighted by molar-refractivity contribution is 0.335. The number of benzene rings is 1. The van der Waals surface area contributed by atoms with Gasteiger partial charge in [-0.1, -0.05) is 12.1 Å². The molecule has 0 radical (unpaired) electrons. The van der Waals surface area contributed by atoms with Crippen LogP contribution in [0.25, 0.3) is 0 Å². The largest absolute Gasteiger partial charge is 0.328 e. The second-order valence-electron chi connectivity index (χ2n) is 2.75. The van der Waals surface area contributed by atoms with Crippen molar-refractivity contribution in [1.82, 2.24) is 0 Å². The number of nitrogens with two attached hydrogens (primary N) is 1. The number of hydrogen-bond acceptors (Lipinski definition) is 1. The van der Waals surface area contributed by atoms with Crippen molar-refractivity contribution in [3.63, 3.8) is 0 Å². The van der Waals surface area contributed by atoms with Crippen LogP contribution in [0.1, 0.15) is 5.56 Å². The molecule has 1 atom stereocenters. The molecule has 4 heteroatoms. The Morgan fingerprint density at radius 1 is 1.31 bits per heavy atom. The van der Waals surface area contributed by atoms with E-state index in [9.17, 15) is 13.2 Å². The molecule has 1 aromatic carbocycles. The van der Waals surface area contributed by atoms with Crippen molar-refractivity contribution in [2.24, 2.45) is 5.73 Å². The Hall–Kier alpha value is -1.03. The van der Waals surface area contributed by atoms with E-state index in [0.29, 0.717) is 0 Å². The molecule has 1 rings (SSSR count). The Kier molecular flexibility index (Phi) is 3.31. The van der Waals surface area contributed by atoms with E-state index in [1.807, 2.05) is 0 Å². The zero-order valence-electron chi connectivity index (χ0n) is 6.93. The molecule has 0 amide bonds. The predicted octanol–water partition coefficient (Wildman–Crippen LogP) is 1.80. The van der Waals surface area contributed by atoms with Crippen molar-refractivity contribution in [3.05, 3.63) is 35.4 Å². The van der Waals surface area contributed by atoms with Gasteiger partial charge in [0.15, 0.2) is 11.6 Å². The summed E-state index contributed by atoms with van der Waals surface area (Å²) in [6.07, 6.45) is -1.50. The van der Waals surface area contributed by atoms with Crippen LogP contribution in [-0.2, 0) is 6.42 Å². The molecule has 0 aliphatic heterocycles. The molecule has 13 heavy (non-hydrogen) atoms. The number of hydrogen-bond donors (Lipinski definition) is 1. The third-order valence-corrected chi connectivity index (χ3v) is 1.73. The first-order valence-corrected chi connectivity index (χ1v) is 3.92. The number of rotatable bonds is 3. The van der Waals surface area contributed by atoms with Crippen molar-refractivity contribution in [2.45, 2.75) is 12.6 Å². The van der Waals surface area contributed by atoms with Crippen molar-refractivity contribution in [3.8, 4) is 0 Å². The molecule has 2 N–H and O–H groups in total. The van der Waals surface area contributed by atoms with E-state index in [-0.39, 0.29) is 18.5 Å². The topological polar surface area (TPSA) is 26.0 Å². The standard InChI is InChI=1S/C9H10F3N/c10-7(5-13)4-6-2-1-3-8(11)9(6)12/h1-3,7H,4-5,13H2. The van der Waals surface area contributed by atoms with E-state index in [0.717, 1.165) is 6.07 Å². The molecular weight excluding hydrogens is 179 g/mol. The summed E-state index contributed by atoms with van der Waals surface area (Å²) in [5.74, 6) is -1.94. The van der Waals surface area contributed by atoms with Crippen molar-refractivity contribution >= 4 is 0 Å². The van der Waals surface area contributed by atoms with E-state index in [4.69, 9.17) is 5.73 Å². The van der Waals surface area contributed by atoms with Gasteiger partial charge in [-0.3, -0.25) is 0 Å². The van der Waals surface area contributed by atoms with Crippen LogP contribution in [0.3, 0.4) is 0 Å². The summed E-state index contributed by atoms with van der Waals surface area (Å²) in [6.45, 7) is -0.185. The fraction of sp³-hybridized carbons (Fsp3) is 0.333. The van der Waals surface area contributed by atoms with Gasteiger partial charge in [0.1, 0.15) is 6.17 Å². The fourth-order valence-electron chi connectivity index (χ4n) is 1.03. The van der Waals surface area contributed by atoms with Gasteiger partial charge in [0.25, 0.3) is 0 Å². The average molecular weight is 189 g/mol. The molecule has 0 spiro atoms. The minimum absolute atomic E-state index is 0.0259. The Balaban J connectivity index is 2.83. The van der Waals surface area contributed by atoms with Crippen molar-refractivity contribution < 1.29 is 13.2 Å². The Morgan fingerprint density at radius 3 is 2.62 bits per heavy atom. The molecule has 0 heterocycles. The molecule has 1 aromatic rings. The third-order valence-electron chi connectivity index (χ3n) is 1.73. The lowest BCUT2D eigenvalue weighted by atomic mass is 10.1. The van der Waals surface area contributed by atoms with Crippen LogP contribution in [0.4, 0.5) is 13.2 Å². The molecule has 0 saturated heterocycles. The molecular formula is C9H10F3N. The summed E-state index contributed by atoms with van der Waals surface area (Å²) in [5.41, 5.74) is 5.04. The molecule has 0 bridgehead atoms. The number of alkyl halides is 1. The highest BCUT2D eigenvalue weighted by atomic mass is 19.2. The van der Waals surface area contributed by atoms with E-state index >= 15 is 0 Å². The smallest absolute Gasteiger partial charge is 0.162 e. The van der Waals surface area contributed by atoms with E-state index in [2.05, 4.69) is 0 Å². The highest BCUT2D eigenvalue weighted by Gasteiger charge is 2.11. The lowest BCUT2D eigenvalue weighted by Crippen LogP contribution is -2.18. The van der Waals surface area contributed by atoms with Gasteiger partial charge in [0, 0.05) is 13.0 Å². The molecule has 1 nitrogen and oxygen atoms in total. The molecule has 0 aliphatic rings. The van der Waals surface area contributed by atoms with Gasteiger partial charge < -0.3 is 5.73 Å². The highest BCUT2D eigenvalue weighted by molar-refractivity contribution is 5.19. The average Bonchev–Trinajstić information content (AvgIpc) is 2.13. The summed E-state index contributed by atoms with van der Waals surface area (Å²) in [7, 11) is 0. The number of halogens is 3. The maximum Gasteiger partial charge on any atom is 0.162 e. The molecule has 0 saturated carbocycles. The minimum Gasteiger partial charge on any atom is -0.328 e. The second kappa shape index (κ2) is 4.28. The predicted molar refractivity (Wildman–Crippen MR) is 44.0 cm³/mol. The SMILES string of the molecule is NCC(F)Cc1cccc(F)c1F. The van der Waals surface area contributed by atoms with Gasteiger partial charge in [-0.15, -0.1) is 0 Å². The van der Waals surface area contributed by atoms with Crippen LogP contribution in [-0.4, -0.2) is 12.7 Å². The zero-order valence-corrected chi connectivity index (χ0v) is 6.93. The van der Waals surface area contributed by atoms with E-state index in [1.165, 1.54) is 12.1 Å². The maximum absolute atomic E-state index is 12.9. The molecule has 1 unspecified atom stereocenters. The highest BCUT2D eigenvalue weighted by Crippen LogP contribution is 2.13. The van der Waals surface area contributed by atoms with Crippen LogP contribution < -0.4 is 5.73 Å². The fourth-order valence-corrected chi connectivity index (χ4v) is 1.03. The Morgan fingerprint density at radius 2 is 2.00 bits per heavy atom. The first-order chi connectivity index (χ1) is 6.15. The van der Waals surface area contributed by atoms with Gasteiger partial charge >= 0.3 is 0 Å². The summed E-state index contributed by atoms with van der Waals surface area (Å²) >= 11 is 0. The van der Waals surface area contributed by atoms with Gasteiger partial charge in [0.2, 0.25) is 0 Å². The minimum atomic E-state index is -1.32. The van der Waals surface area contributed by atoms with E-state index in [1.54, 1.807) is 0 Å². The lowest BCUT2D eigenvalue weighted by Gasteiger charge is -2.06. The second-order valence-corrected chi connectivity index (χ2v) is 2.75. The van der Waals surface area contributed by atoms with E-state index < -0.39 is 17.8 Å². The van der Waals surface area contributed by atoms with Crippen molar-refractivity contribution in [1.29, 1.82) is 0 Å².